The van der Waals surface area contributed by atoms with Gasteiger partial charge in [0.15, 0.2) is 5.17 Å². The Kier molecular flexibility index (Phi) is 6.26. The SMILES string of the molecule is COC(=O)c1ccc(N=C2S/C(=C\c3cc(Br)c(O)c(Br)c3)C(=O)N2C)cc1. The molecule has 2 aromatic rings. The number of amidine groups is 1. The molecule has 2 aromatic carbocycles. The number of nitrogens with zero attached hydrogens (tertiary/aromatic N) is 2. The first-order chi connectivity index (χ1) is 13.3. The van der Waals surface area contributed by atoms with Crippen LogP contribution in [-0.2, 0) is 9.53 Å². The zero-order chi connectivity index (χ0) is 20.4. The third-order valence-corrected chi connectivity index (χ3v) is 6.12. The maximum absolute atomic E-state index is 12.6. The van der Waals surface area contributed by atoms with Crippen molar-refractivity contribution in [3.05, 3.63) is 61.4 Å². The van der Waals surface area contributed by atoms with Crippen LogP contribution in [0.25, 0.3) is 6.08 Å². The molecule has 0 aromatic heterocycles. The molecule has 1 amide bonds. The Morgan fingerprint density at radius 3 is 2.39 bits per heavy atom. The van der Waals surface area contributed by atoms with Crippen LogP contribution in [0, 0.1) is 0 Å². The minimum Gasteiger partial charge on any atom is -0.506 e. The van der Waals surface area contributed by atoms with Gasteiger partial charge in [0, 0.05) is 7.05 Å². The molecule has 1 saturated heterocycles. The molecule has 1 N–H and O–H groups in total. The second-order valence-electron chi connectivity index (χ2n) is 5.74. The lowest BCUT2D eigenvalue weighted by Gasteiger charge is -2.07. The van der Waals surface area contributed by atoms with Crippen molar-refractivity contribution in [2.75, 3.05) is 14.2 Å². The number of esters is 1. The number of thioether (sulfide) groups is 1. The molecule has 1 heterocycles. The van der Waals surface area contributed by atoms with E-state index < -0.39 is 5.97 Å². The van der Waals surface area contributed by atoms with Crippen LogP contribution in [0.15, 0.2) is 55.2 Å². The fraction of sp³-hybridized carbons (Fsp3) is 0.105. The molecule has 3 rings (SSSR count). The van der Waals surface area contributed by atoms with E-state index in [0.29, 0.717) is 30.3 Å². The number of phenolic OH excluding ortho intramolecular Hbond substituents is 1. The van der Waals surface area contributed by atoms with Gasteiger partial charge in [0.1, 0.15) is 5.75 Å². The van der Waals surface area contributed by atoms with E-state index >= 15 is 0 Å². The van der Waals surface area contributed by atoms with E-state index in [2.05, 4.69) is 41.6 Å². The number of aliphatic imine (C=N–C) groups is 1. The van der Waals surface area contributed by atoms with Gasteiger partial charge in [0.25, 0.3) is 5.91 Å². The summed E-state index contributed by atoms with van der Waals surface area (Å²) in [4.78, 5) is 30.5. The first-order valence-corrected chi connectivity index (χ1v) is 10.3. The third kappa shape index (κ3) is 4.31. The Bertz CT molecular complexity index is 996. The van der Waals surface area contributed by atoms with Crippen LogP contribution in [0.3, 0.4) is 0 Å². The van der Waals surface area contributed by atoms with Gasteiger partial charge in [-0.05, 0) is 91.7 Å². The number of rotatable bonds is 3. The minimum atomic E-state index is -0.418. The normalized spacial score (nSPS) is 16.9. The highest BCUT2D eigenvalue weighted by molar-refractivity contribution is 9.11. The number of ether oxygens (including phenoxy) is 1. The molecule has 0 unspecified atom stereocenters. The van der Waals surface area contributed by atoms with Crippen molar-refractivity contribution in [3.63, 3.8) is 0 Å². The number of aromatic hydroxyl groups is 1. The lowest BCUT2D eigenvalue weighted by atomic mass is 10.2. The first-order valence-electron chi connectivity index (χ1n) is 7.93. The summed E-state index contributed by atoms with van der Waals surface area (Å²) in [5, 5.41) is 10.3. The van der Waals surface area contributed by atoms with Crippen LogP contribution in [0.5, 0.6) is 5.75 Å². The molecule has 0 spiro atoms. The summed E-state index contributed by atoms with van der Waals surface area (Å²) in [5.41, 5.74) is 1.80. The number of carbonyl (C=O) groups excluding carboxylic acids is 2. The van der Waals surface area contributed by atoms with Gasteiger partial charge in [0.2, 0.25) is 0 Å². The highest BCUT2D eigenvalue weighted by Gasteiger charge is 2.30. The highest BCUT2D eigenvalue weighted by atomic mass is 79.9. The van der Waals surface area contributed by atoms with E-state index in [-0.39, 0.29) is 11.7 Å². The van der Waals surface area contributed by atoms with Crippen molar-refractivity contribution in [1.29, 1.82) is 0 Å². The zero-order valence-corrected chi connectivity index (χ0v) is 18.8. The number of phenols is 1. The Morgan fingerprint density at radius 1 is 1.21 bits per heavy atom. The van der Waals surface area contributed by atoms with Gasteiger partial charge >= 0.3 is 5.97 Å². The van der Waals surface area contributed by atoms with E-state index in [1.165, 1.54) is 23.8 Å². The van der Waals surface area contributed by atoms with Crippen LogP contribution >= 0.6 is 43.6 Å². The predicted molar refractivity (Wildman–Crippen MR) is 117 cm³/mol. The smallest absolute Gasteiger partial charge is 0.337 e. The predicted octanol–water partition coefficient (Wildman–Crippen LogP) is 4.94. The van der Waals surface area contributed by atoms with Crippen LogP contribution in [0.1, 0.15) is 15.9 Å². The second kappa shape index (κ2) is 8.50. The fourth-order valence-corrected chi connectivity index (χ4v) is 4.58. The molecule has 28 heavy (non-hydrogen) atoms. The van der Waals surface area contributed by atoms with Gasteiger partial charge in [-0.15, -0.1) is 0 Å². The van der Waals surface area contributed by atoms with Crippen molar-refractivity contribution in [1.82, 2.24) is 4.90 Å². The van der Waals surface area contributed by atoms with E-state index in [0.717, 1.165) is 5.56 Å². The number of benzene rings is 2. The van der Waals surface area contributed by atoms with Gasteiger partial charge < -0.3 is 9.84 Å². The van der Waals surface area contributed by atoms with Crippen molar-refractivity contribution in [2.45, 2.75) is 0 Å². The van der Waals surface area contributed by atoms with Crippen molar-refractivity contribution >= 4 is 72.4 Å². The lowest BCUT2D eigenvalue weighted by molar-refractivity contribution is -0.121. The van der Waals surface area contributed by atoms with Gasteiger partial charge in [-0.25, -0.2) is 9.79 Å². The standard InChI is InChI=1S/C19H14Br2N2O4S/c1-23-17(25)15(9-10-7-13(20)16(24)14(21)8-10)28-19(23)22-12-5-3-11(4-6-12)18(26)27-2/h3-9,24H,1-2H3/b15-9-,22-19?. The number of hydrogen-bond acceptors (Lipinski definition) is 6. The Morgan fingerprint density at radius 2 is 1.82 bits per heavy atom. The minimum absolute atomic E-state index is 0.0994. The van der Waals surface area contributed by atoms with E-state index in [9.17, 15) is 14.7 Å². The third-order valence-electron chi connectivity index (χ3n) is 3.85. The number of likely N-dealkylation sites (N-methyl/N-ethyl adjacent to an activating group) is 1. The van der Waals surface area contributed by atoms with Gasteiger partial charge in [-0.1, -0.05) is 0 Å². The highest BCUT2D eigenvalue weighted by Crippen LogP contribution is 2.37. The van der Waals surface area contributed by atoms with E-state index in [4.69, 9.17) is 0 Å². The molecule has 0 radical (unpaired) electrons. The zero-order valence-electron chi connectivity index (χ0n) is 14.8. The Labute approximate surface area is 182 Å². The maximum Gasteiger partial charge on any atom is 0.337 e. The molecular formula is C19H14Br2N2O4S. The first kappa shape index (κ1) is 20.6. The summed E-state index contributed by atoms with van der Waals surface area (Å²) in [5.74, 6) is -0.490. The molecule has 1 aliphatic heterocycles. The fourth-order valence-electron chi connectivity index (χ4n) is 2.37. The average Bonchev–Trinajstić information content (AvgIpc) is 2.94. The van der Waals surface area contributed by atoms with Crippen LogP contribution in [-0.4, -0.2) is 41.2 Å². The summed E-state index contributed by atoms with van der Waals surface area (Å²) in [7, 11) is 2.98. The quantitative estimate of drug-likeness (QED) is 0.453. The van der Waals surface area contributed by atoms with Crippen molar-refractivity contribution in [2.24, 2.45) is 4.99 Å². The molecule has 0 atom stereocenters. The summed E-state index contributed by atoms with van der Waals surface area (Å²) < 4.78 is 5.72. The number of hydrogen-bond donors (Lipinski definition) is 1. The van der Waals surface area contributed by atoms with E-state index in [1.807, 2.05) is 0 Å². The molecule has 9 heteroatoms. The van der Waals surface area contributed by atoms with Gasteiger partial charge in [-0.2, -0.15) is 0 Å². The Balaban J connectivity index is 1.87. The number of amides is 1. The monoisotopic (exact) mass is 524 g/mol. The van der Waals surface area contributed by atoms with Crippen LogP contribution in [0.4, 0.5) is 5.69 Å². The molecule has 144 valence electrons. The number of carbonyl (C=O) groups is 2. The molecule has 0 aliphatic carbocycles. The molecule has 1 aliphatic rings. The summed E-state index contributed by atoms with van der Waals surface area (Å²) >= 11 is 7.82. The lowest BCUT2D eigenvalue weighted by Crippen LogP contribution is -2.23. The Hall–Kier alpha value is -2.10. The number of methoxy groups -OCH3 is 1. The topological polar surface area (TPSA) is 79.2 Å². The molecule has 6 nitrogen and oxygen atoms in total. The maximum atomic E-state index is 12.6. The molecule has 1 fully saturated rings. The van der Waals surface area contributed by atoms with Crippen LogP contribution in [0.2, 0.25) is 0 Å². The second-order valence-corrected chi connectivity index (χ2v) is 8.46. The van der Waals surface area contributed by atoms with Gasteiger partial charge in [0.05, 0.1) is 32.2 Å². The van der Waals surface area contributed by atoms with Crippen molar-refractivity contribution in [3.8, 4) is 5.75 Å². The average molecular weight is 526 g/mol. The summed E-state index contributed by atoms with van der Waals surface area (Å²) in [6.45, 7) is 0. The molecule has 0 saturated carbocycles. The van der Waals surface area contributed by atoms with Gasteiger partial charge in [-0.3, -0.25) is 9.69 Å². The van der Waals surface area contributed by atoms with Crippen molar-refractivity contribution < 1.29 is 19.4 Å². The summed E-state index contributed by atoms with van der Waals surface area (Å²) in [6, 6.07) is 10.1. The summed E-state index contributed by atoms with van der Waals surface area (Å²) in [6.07, 6.45) is 1.74. The number of halogens is 2. The largest absolute Gasteiger partial charge is 0.506 e. The molecule has 0 bridgehead atoms. The van der Waals surface area contributed by atoms with E-state index in [1.54, 1.807) is 49.5 Å². The molecular weight excluding hydrogens is 512 g/mol. The van der Waals surface area contributed by atoms with Crippen LogP contribution < -0.4 is 0 Å².